The predicted octanol–water partition coefficient (Wildman–Crippen LogP) is 1.80. The fourth-order valence-corrected chi connectivity index (χ4v) is 2.92. The summed E-state index contributed by atoms with van der Waals surface area (Å²) in [4.78, 5) is 31.4. The van der Waals surface area contributed by atoms with Crippen LogP contribution >= 0.6 is 11.6 Å². The van der Waals surface area contributed by atoms with Crippen LogP contribution in [0.1, 0.15) is 11.4 Å². The Hall–Kier alpha value is -3.00. The lowest BCUT2D eigenvalue weighted by atomic mass is 10.2. The number of aryl methyl sites for hydroxylation is 1. The number of rotatable bonds is 4. The van der Waals surface area contributed by atoms with Crippen LogP contribution in [0.15, 0.2) is 21.7 Å². The minimum absolute atomic E-state index is 0.257. The Labute approximate surface area is 153 Å². The molecule has 0 saturated heterocycles. The molecule has 0 radical (unpaired) electrons. The highest BCUT2D eigenvalue weighted by Gasteiger charge is 2.13. The molecule has 0 amide bonds. The van der Waals surface area contributed by atoms with Crippen molar-refractivity contribution < 1.29 is 9.47 Å². The fourth-order valence-electron chi connectivity index (χ4n) is 2.62. The molecule has 2 heterocycles. The van der Waals surface area contributed by atoms with Gasteiger partial charge in [-0.05, 0) is 29.8 Å². The predicted molar refractivity (Wildman–Crippen MR) is 100 cm³/mol. The first-order chi connectivity index (χ1) is 12.4. The first kappa shape index (κ1) is 17.8. The normalized spacial score (nSPS) is 11.4. The Balaban J connectivity index is 2.08. The van der Waals surface area contributed by atoms with Gasteiger partial charge in [0.25, 0.3) is 5.56 Å². The van der Waals surface area contributed by atoms with Crippen molar-refractivity contribution in [2.75, 3.05) is 14.2 Å². The Morgan fingerprint density at radius 2 is 1.85 bits per heavy atom. The SMILES string of the molecule is COc1ccc(/C=C/c2nc3c([nH]2)c(=O)n(C)c(=O)n3C)c(Cl)c1OC. The number of nitrogens with one attached hydrogen (secondary N) is 1. The summed E-state index contributed by atoms with van der Waals surface area (Å²) < 4.78 is 12.8. The van der Waals surface area contributed by atoms with Gasteiger partial charge < -0.3 is 14.5 Å². The third-order valence-corrected chi connectivity index (χ3v) is 4.44. The van der Waals surface area contributed by atoms with E-state index in [0.717, 1.165) is 4.57 Å². The van der Waals surface area contributed by atoms with E-state index in [9.17, 15) is 9.59 Å². The highest BCUT2D eigenvalue weighted by molar-refractivity contribution is 6.34. The van der Waals surface area contributed by atoms with Crippen LogP contribution < -0.4 is 20.7 Å². The molecule has 0 bridgehead atoms. The van der Waals surface area contributed by atoms with Gasteiger partial charge in [-0.2, -0.15) is 0 Å². The molecule has 1 N–H and O–H groups in total. The van der Waals surface area contributed by atoms with Crippen molar-refractivity contribution in [1.29, 1.82) is 0 Å². The smallest absolute Gasteiger partial charge is 0.332 e. The summed E-state index contributed by atoms with van der Waals surface area (Å²) in [5.74, 6) is 1.37. The molecule has 0 aliphatic carbocycles. The molecule has 136 valence electrons. The second kappa shape index (κ2) is 6.72. The molecule has 0 unspecified atom stereocenters. The number of benzene rings is 1. The van der Waals surface area contributed by atoms with Gasteiger partial charge in [0.15, 0.2) is 17.1 Å². The number of ether oxygens (including phenoxy) is 2. The van der Waals surface area contributed by atoms with Crippen molar-refractivity contribution in [2.45, 2.75) is 0 Å². The molecule has 1 aromatic carbocycles. The summed E-state index contributed by atoms with van der Waals surface area (Å²) in [6.45, 7) is 0. The Morgan fingerprint density at radius 1 is 1.12 bits per heavy atom. The topological polar surface area (TPSA) is 91.1 Å². The number of halogens is 1. The first-order valence-corrected chi connectivity index (χ1v) is 8.01. The van der Waals surface area contributed by atoms with Crippen LogP contribution in [0.4, 0.5) is 0 Å². The molecule has 26 heavy (non-hydrogen) atoms. The van der Waals surface area contributed by atoms with Crippen LogP contribution in [0, 0.1) is 0 Å². The van der Waals surface area contributed by atoms with E-state index in [4.69, 9.17) is 21.1 Å². The quantitative estimate of drug-likeness (QED) is 0.749. The van der Waals surface area contributed by atoms with Gasteiger partial charge in [0.2, 0.25) is 0 Å². The van der Waals surface area contributed by atoms with Crippen molar-refractivity contribution in [3.8, 4) is 11.5 Å². The van der Waals surface area contributed by atoms with Gasteiger partial charge in [0.05, 0.1) is 19.2 Å². The molecule has 0 spiro atoms. The number of imidazole rings is 1. The van der Waals surface area contributed by atoms with Crippen molar-refractivity contribution in [2.24, 2.45) is 14.1 Å². The summed E-state index contributed by atoms with van der Waals surface area (Å²) in [5, 5.41) is 0.391. The minimum Gasteiger partial charge on any atom is -0.493 e. The van der Waals surface area contributed by atoms with Crippen LogP contribution in [0.3, 0.4) is 0 Å². The van der Waals surface area contributed by atoms with Gasteiger partial charge in [-0.15, -0.1) is 0 Å². The molecule has 0 saturated carbocycles. The van der Waals surface area contributed by atoms with Crippen LogP contribution in [0.5, 0.6) is 11.5 Å². The van der Waals surface area contributed by atoms with Crippen LogP contribution in [-0.2, 0) is 14.1 Å². The second-order valence-corrected chi connectivity index (χ2v) is 5.94. The molecule has 0 atom stereocenters. The molecular weight excluding hydrogens is 360 g/mol. The van der Waals surface area contributed by atoms with E-state index in [1.54, 1.807) is 31.3 Å². The highest BCUT2D eigenvalue weighted by atomic mass is 35.5. The number of aromatic amines is 1. The first-order valence-electron chi connectivity index (χ1n) is 7.63. The molecule has 0 aliphatic rings. The standard InChI is InChI=1S/C17H17ClN4O4/c1-21-15-13(16(23)22(2)17(21)24)19-11(20-15)8-6-9-5-7-10(25-3)14(26-4)12(9)18/h5-8H,1-4H3,(H,19,20)/b8-6+. The zero-order valence-corrected chi connectivity index (χ0v) is 15.4. The molecule has 8 nitrogen and oxygen atoms in total. The largest absolute Gasteiger partial charge is 0.493 e. The van der Waals surface area contributed by atoms with E-state index >= 15 is 0 Å². The summed E-state index contributed by atoms with van der Waals surface area (Å²) in [6, 6.07) is 3.51. The van der Waals surface area contributed by atoms with Gasteiger partial charge in [-0.1, -0.05) is 11.6 Å². The van der Waals surface area contributed by atoms with E-state index in [2.05, 4.69) is 9.97 Å². The van der Waals surface area contributed by atoms with Crippen molar-refractivity contribution in [3.63, 3.8) is 0 Å². The van der Waals surface area contributed by atoms with Crippen molar-refractivity contribution >= 4 is 34.9 Å². The van der Waals surface area contributed by atoms with Gasteiger partial charge >= 0.3 is 5.69 Å². The zero-order valence-electron chi connectivity index (χ0n) is 14.7. The van der Waals surface area contributed by atoms with E-state index in [0.29, 0.717) is 27.9 Å². The monoisotopic (exact) mass is 376 g/mol. The highest BCUT2D eigenvalue weighted by Crippen LogP contribution is 2.37. The fraction of sp³-hybridized carbons (Fsp3) is 0.235. The summed E-state index contributed by atoms with van der Waals surface area (Å²) in [5.41, 5.74) is 0.363. The summed E-state index contributed by atoms with van der Waals surface area (Å²) >= 11 is 6.34. The molecule has 3 rings (SSSR count). The molecule has 0 fully saturated rings. The van der Waals surface area contributed by atoms with Crippen molar-refractivity contribution in [1.82, 2.24) is 19.1 Å². The minimum atomic E-state index is -0.438. The van der Waals surface area contributed by atoms with Gasteiger partial charge in [-0.3, -0.25) is 13.9 Å². The maximum atomic E-state index is 12.2. The molecule has 3 aromatic rings. The Bertz CT molecular complexity index is 1140. The van der Waals surface area contributed by atoms with E-state index in [-0.39, 0.29) is 11.2 Å². The lowest BCUT2D eigenvalue weighted by Gasteiger charge is -2.10. The average Bonchev–Trinajstić information content (AvgIpc) is 3.07. The number of hydrogen-bond donors (Lipinski definition) is 1. The number of H-pyrrole nitrogens is 1. The summed E-state index contributed by atoms with van der Waals surface area (Å²) in [6.07, 6.45) is 3.39. The summed E-state index contributed by atoms with van der Waals surface area (Å²) in [7, 11) is 6.02. The molecule has 9 heteroatoms. The van der Waals surface area contributed by atoms with Crippen LogP contribution in [-0.4, -0.2) is 33.3 Å². The van der Waals surface area contributed by atoms with Gasteiger partial charge in [0, 0.05) is 14.1 Å². The van der Waals surface area contributed by atoms with Gasteiger partial charge in [-0.25, -0.2) is 9.78 Å². The zero-order chi connectivity index (χ0) is 19.0. The van der Waals surface area contributed by atoms with Crippen LogP contribution in [0.25, 0.3) is 23.3 Å². The second-order valence-electron chi connectivity index (χ2n) is 5.56. The van der Waals surface area contributed by atoms with E-state index in [1.165, 1.54) is 25.8 Å². The molecule has 2 aromatic heterocycles. The maximum absolute atomic E-state index is 12.2. The van der Waals surface area contributed by atoms with Gasteiger partial charge in [0.1, 0.15) is 11.3 Å². The third-order valence-electron chi connectivity index (χ3n) is 4.05. The molecule has 0 aliphatic heterocycles. The lowest BCUT2D eigenvalue weighted by molar-refractivity contribution is 0.355. The van der Waals surface area contributed by atoms with Crippen molar-refractivity contribution in [3.05, 3.63) is 49.4 Å². The number of methoxy groups -OCH3 is 2. The number of nitrogens with zero attached hydrogens (tertiary/aromatic N) is 3. The number of fused-ring (bicyclic) bond motifs is 1. The Kier molecular flexibility index (Phi) is 4.60. The van der Waals surface area contributed by atoms with Crippen LogP contribution in [0.2, 0.25) is 5.02 Å². The van der Waals surface area contributed by atoms with E-state index in [1.807, 2.05) is 0 Å². The third kappa shape index (κ3) is 2.78. The number of hydrogen-bond acceptors (Lipinski definition) is 5. The number of aromatic nitrogens is 4. The Morgan fingerprint density at radius 3 is 2.50 bits per heavy atom. The van der Waals surface area contributed by atoms with E-state index < -0.39 is 11.2 Å². The maximum Gasteiger partial charge on any atom is 0.332 e. The molecular formula is C17H17ClN4O4. The lowest BCUT2D eigenvalue weighted by Crippen LogP contribution is -2.36. The average molecular weight is 377 g/mol.